The molecule has 1 unspecified atom stereocenters. The van der Waals surface area contributed by atoms with E-state index in [1.165, 1.54) is 6.20 Å². The molecule has 0 radical (unpaired) electrons. The molecule has 0 spiro atoms. The largest absolute Gasteiger partial charge is 0.454 e. The van der Waals surface area contributed by atoms with Gasteiger partial charge in [-0.05, 0) is 43.4 Å². The minimum atomic E-state index is -0.577. The van der Waals surface area contributed by atoms with Crippen LogP contribution in [-0.2, 0) is 6.54 Å². The molecule has 3 heterocycles. The Bertz CT molecular complexity index is 1010. The topological polar surface area (TPSA) is 93.6 Å². The molecule has 2 aromatic rings. The van der Waals surface area contributed by atoms with Gasteiger partial charge in [0.25, 0.3) is 11.5 Å². The lowest BCUT2D eigenvalue weighted by atomic mass is 9.99. The fourth-order valence-electron chi connectivity index (χ4n) is 3.88. The number of aromatic amines is 1. The Hall–Kier alpha value is -3.03. The lowest BCUT2D eigenvalue weighted by Crippen LogP contribution is -2.47. The number of benzene rings is 1. The predicted octanol–water partition coefficient (Wildman–Crippen LogP) is 1.72. The highest BCUT2D eigenvalue weighted by atomic mass is 16.7. The van der Waals surface area contributed by atoms with Crippen molar-refractivity contribution >= 4 is 5.91 Å². The van der Waals surface area contributed by atoms with Crippen molar-refractivity contribution in [2.45, 2.75) is 45.2 Å². The fraction of sp³-hybridized carbons (Fsp3) is 0.450. The zero-order chi connectivity index (χ0) is 19.7. The summed E-state index contributed by atoms with van der Waals surface area (Å²) in [5.74, 6) is 0.894. The summed E-state index contributed by atoms with van der Waals surface area (Å²) in [6, 6.07) is 5.38. The molecule has 0 saturated carbocycles. The molecule has 0 aliphatic carbocycles. The molecule has 2 aliphatic heterocycles. The number of amides is 1. The van der Waals surface area contributed by atoms with Crippen molar-refractivity contribution in [1.29, 1.82) is 0 Å². The maximum absolute atomic E-state index is 13.0. The van der Waals surface area contributed by atoms with Gasteiger partial charge in [0.2, 0.25) is 6.79 Å². The van der Waals surface area contributed by atoms with E-state index in [-0.39, 0.29) is 30.9 Å². The van der Waals surface area contributed by atoms with Gasteiger partial charge in [-0.15, -0.1) is 0 Å². The number of fused-ring (bicyclic) bond motifs is 1. The maximum Gasteiger partial charge on any atom is 0.328 e. The van der Waals surface area contributed by atoms with Gasteiger partial charge >= 0.3 is 5.69 Å². The highest BCUT2D eigenvalue weighted by Gasteiger charge is 2.28. The summed E-state index contributed by atoms with van der Waals surface area (Å²) in [5.41, 5.74) is -0.414. The molecule has 1 amide bonds. The molecular formula is C20H23N3O5. The first-order valence-corrected chi connectivity index (χ1v) is 9.60. The second kappa shape index (κ2) is 7.53. The summed E-state index contributed by atoms with van der Waals surface area (Å²) in [4.78, 5) is 42.5. The van der Waals surface area contributed by atoms with Crippen molar-refractivity contribution in [3.05, 3.63) is 56.4 Å². The van der Waals surface area contributed by atoms with Crippen LogP contribution in [0, 0.1) is 0 Å². The monoisotopic (exact) mass is 385 g/mol. The first kappa shape index (κ1) is 18.3. The summed E-state index contributed by atoms with van der Waals surface area (Å²) in [6.45, 7) is 2.87. The smallest absolute Gasteiger partial charge is 0.328 e. The Morgan fingerprint density at radius 2 is 2.04 bits per heavy atom. The van der Waals surface area contributed by atoms with Crippen molar-refractivity contribution in [2.75, 3.05) is 13.3 Å². The number of ether oxygens (including phenoxy) is 2. The highest BCUT2D eigenvalue weighted by molar-refractivity contribution is 5.93. The molecule has 4 rings (SSSR count). The number of carbonyl (C=O) groups is 1. The zero-order valence-electron chi connectivity index (χ0n) is 15.8. The van der Waals surface area contributed by atoms with Crippen LogP contribution in [-0.4, -0.2) is 39.7 Å². The van der Waals surface area contributed by atoms with Gasteiger partial charge in [-0.3, -0.25) is 14.2 Å². The number of H-pyrrole nitrogens is 1. The third kappa shape index (κ3) is 3.30. The lowest BCUT2D eigenvalue weighted by molar-refractivity contribution is 0.0605. The average molecular weight is 385 g/mol. The van der Waals surface area contributed by atoms with Crippen molar-refractivity contribution in [3.63, 3.8) is 0 Å². The first-order valence-electron chi connectivity index (χ1n) is 9.60. The van der Waals surface area contributed by atoms with Crippen LogP contribution < -0.4 is 20.7 Å². The Morgan fingerprint density at radius 1 is 1.21 bits per heavy atom. The van der Waals surface area contributed by atoms with E-state index in [1.54, 1.807) is 23.1 Å². The second-order valence-corrected chi connectivity index (χ2v) is 7.14. The van der Waals surface area contributed by atoms with Crippen LogP contribution in [0.25, 0.3) is 0 Å². The Kier molecular flexibility index (Phi) is 4.93. The first-order chi connectivity index (χ1) is 13.6. The number of piperidine rings is 1. The van der Waals surface area contributed by atoms with Crippen LogP contribution >= 0.6 is 0 Å². The van der Waals surface area contributed by atoms with Crippen molar-refractivity contribution in [1.82, 2.24) is 14.5 Å². The number of carbonyl (C=O) groups excluding carboxylic acids is 1. The number of likely N-dealkylation sites (tertiary alicyclic amines) is 1. The third-order valence-electron chi connectivity index (χ3n) is 5.43. The van der Waals surface area contributed by atoms with Gasteiger partial charge in [-0.2, -0.15) is 0 Å². The van der Waals surface area contributed by atoms with E-state index in [0.29, 0.717) is 23.6 Å². The van der Waals surface area contributed by atoms with E-state index < -0.39 is 11.2 Å². The average Bonchev–Trinajstić information content (AvgIpc) is 3.18. The number of hydrogen-bond acceptors (Lipinski definition) is 5. The maximum atomic E-state index is 13.0. The van der Waals surface area contributed by atoms with Crippen LogP contribution in [0.1, 0.15) is 48.5 Å². The zero-order valence-corrected chi connectivity index (χ0v) is 15.8. The quantitative estimate of drug-likeness (QED) is 0.865. The Morgan fingerprint density at radius 3 is 2.86 bits per heavy atom. The molecule has 1 aromatic heterocycles. The fourth-order valence-corrected chi connectivity index (χ4v) is 3.88. The molecule has 1 fully saturated rings. The summed E-state index contributed by atoms with van der Waals surface area (Å²) in [5, 5.41) is 0. The van der Waals surface area contributed by atoms with E-state index >= 15 is 0 Å². The number of aromatic nitrogens is 2. The van der Waals surface area contributed by atoms with Crippen molar-refractivity contribution in [3.8, 4) is 11.5 Å². The Labute approximate surface area is 161 Å². The summed E-state index contributed by atoms with van der Waals surface area (Å²) in [6.07, 6.45) is 5.04. The minimum absolute atomic E-state index is 0.000642. The van der Waals surface area contributed by atoms with Crippen LogP contribution in [0.4, 0.5) is 0 Å². The van der Waals surface area contributed by atoms with Gasteiger partial charge in [0.05, 0.1) is 6.54 Å². The third-order valence-corrected chi connectivity index (χ3v) is 5.43. The molecule has 148 valence electrons. The van der Waals surface area contributed by atoms with Crippen LogP contribution in [0.3, 0.4) is 0 Å². The van der Waals surface area contributed by atoms with E-state index in [9.17, 15) is 14.4 Å². The second-order valence-electron chi connectivity index (χ2n) is 7.14. The van der Waals surface area contributed by atoms with E-state index in [4.69, 9.17) is 9.47 Å². The standard InChI is InChI=1S/C20H23N3O5/c1-2-14-5-3-4-8-22(14)18(24)15-10-21-20(26)23(19(15)25)11-13-6-7-16-17(9-13)28-12-27-16/h6-7,9-10,14H,2-5,8,11-12H2,1H3,(H,21,26). The minimum Gasteiger partial charge on any atom is -0.454 e. The molecule has 28 heavy (non-hydrogen) atoms. The van der Waals surface area contributed by atoms with Crippen LogP contribution in [0.15, 0.2) is 34.0 Å². The Balaban J connectivity index is 1.65. The van der Waals surface area contributed by atoms with Crippen LogP contribution in [0.5, 0.6) is 11.5 Å². The lowest BCUT2D eigenvalue weighted by Gasteiger charge is -2.35. The molecule has 1 aromatic carbocycles. The predicted molar refractivity (Wildman–Crippen MR) is 102 cm³/mol. The molecule has 1 saturated heterocycles. The van der Waals surface area contributed by atoms with Gasteiger partial charge < -0.3 is 19.4 Å². The van der Waals surface area contributed by atoms with E-state index in [1.807, 2.05) is 6.92 Å². The van der Waals surface area contributed by atoms with Gasteiger partial charge in [-0.1, -0.05) is 13.0 Å². The van der Waals surface area contributed by atoms with Crippen molar-refractivity contribution in [2.24, 2.45) is 0 Å². The normalized spacial score (nSPS) is 18.3. The van der Waals surface area contributed by atoms with Gasteiger partial charge in [0.1, 0.15) is 5.56 Å². The van der Waals surface area contributed by atoms with Gasteiger partial charge in [0, 0.05) is 18.8 Å². The SMILES string of the molecule is CCC1CCCCN1C(=O)c1c[nH]c(=O)n(Cc2ccc3c(c2)OCO3)c1=O. The molecule has 0 bridgehead atoms. The molecule has 2 aliphatic rings. The number of hydrogen-bond donors (Lipinski definition) is 1. The molecular weight excluding hydrogens is 362 g/mol. The summed E-state index contributed by atoms with van der Waals surface area (Å²) >= 11 is 0. The number of rotatable bonds is 4. The van der Waals surface area contributed by atoms with E-state index in [0.717, 1.165) is 30.3 Å². The number of nitrogens with zero attached hydrogens (tertiary/aromatic N) is 2. The van der Waals surface area contributed by atoms with Gasteiger partial charge in [-0.25, -0.2) is 4.79 Å². The molecule has 1 atom stereocenters. The summed E-state index contributed by atoms with van der Waals surface area (Å²) < 4.78 is 11.7. The molecule has 8 nitrogen and oxygen atoms in total. The molecule has 1 N–H and O–H groups in total. The number of nitrogens with one attached hydrogen (secondary N) is 1. The van der Waals surface area contributed by atoms with Crippen LogP contribution in [0.2, 0.25) is 0 Å². The van der Waals surface area contributed by atoms with Crippen molar-refractivity contribution < 1.29 is 14.3 Å². The van der Waals surface area contributed by atoms with Gasteiger partial charge in [0.15, 0.2) is 11.5 Å². The molecule has 8 heteroatoms. The highest BCUT2D eigenvalue weighted by Crippen LogP contribution is 2.32. The van der Waals surface area contributed by atoms with E-state index in [2.05, 4.69) is 4.98 Å². The summed E-state index contributed by atoms with van der Waals surface area (Å²) in [7, 11) is 0.